The lowest BCUT2D eigenvalue weighted by Gasteiger charge is -2.12. The van der Waals surface area contributed by atoms with Crippen LogP contribution in [0.3, 0.4) is 0 Å². The van der Waals surface area contributed by atoms with E-state index < -0.39 is 17.8 Å². The highest BCUT2D eigenvalue weighted by Gasteiger charge is 2.34. The highest BCUT2D eigenvalue weighted by atomic mass is 16.7. The molecule has 0 bridgehead atoms. The largest absolute Gasteiger partial charge is 0.356 e. The molecule has 0 spiro atoms. The number of imide groups is 1. The molecule has 0 aromatic rings. The number of unbranched alkanes of at least 4 members (excludes halogenated alkanes) is 1. The predicted molar refractivity (Wildman–Crippen MR) is 76.5 cm³/mol. The molecule has 0 aliphatic carbocycles. The van der Waals surface area contributed by atoms with Gasteiger partial charge in [-0.25, -0.2) is 4.79 Å². The zero-order valence-corrected chi connectivity index (χ0v) is 13.0. The first-order chi connectivity index (χ1) is 10.9. The molecule has 1 saturated heterocycles. The van der Waals surface area contributed by atoms with Crippen molar-refractivity contribution in [1.29, 1.82) is 0 Å². The second kappa shape index (κ2) is 7.30. The maximum atomic E-state index is 11.5. The summed E-state index contributed by atoms with van der Waals surface area (Å²) in [7, 11) is 0. The van der Waals surface area contributed by atoms with Crippen molar-refractivity contribution in [2.45, 2.75) is 57.5 Å². The van der Waals surface area contributed by atoms with E-state index in [0.717, 1.165) is 0 Å². The molecule has 0 atom stereocenters. The molecule has 1 N–H and O–H groups in total. The number of carbonyl (C=O) groups excluding carboxylic acids is 4. The van der Waals surface area contributed by atoms with Gasteiger partial charge in [0.05, 0.1) is 0 Å². The second-order valence-electron chi connectivity index (χ2n) is 5.77. The summed E-state index contributed by atoms with van der Waals surface area (Å²) in [5.41, 5.74) is -0.370. The summed E-state index contributed by atoms with van der Waals surface area (Å²) in [6.45, 7) is 2.32. The fourth-order valence-corrected chi connectivity index (χ4v) is 2.05. The molecule has 2 aliphatic rings. The molecule has 0 unspecified atom stereocenters. The fraction of sp³-hybridized carbons (Fsp3) is 0.714. The average Bonchev–Trinajstić information content (AvgIpc) is 3.17. The molecule has 1 fully saturated rings. The van der Waals surface area contributed by atoms with Crippen LogP contribution in [0.2, 0.25) is 0 Å². The summed E-state index contributed by atoms with van der Waals surface area (Å²) in [6.07, 6.45) is 2.32. The van der Waals surface area contributed by atoms with Crippen molar-refractivity contribution in [3.63, 3.8) is 0 Å². The van der Waals surface area contributed by atoms with Gasteiger partial charge in [-0.1, -0.05) is 0 Å². The summed E-state index contributed by atoms with van der Waals surface area (Å²) in [5.74, 6) is -1.67. The standard InChI is InChI=1S/C14H20N4O5/c1-14(16-17-14)8-7-10(19)15-9-3-2-4-13(22)23-18-11(20)5-6-12(18)21/h2-9H2,1H3,(H,15,19). The van der Waals surface area contributed by atoms with Gasteiger partial charge in [-0.15, -0.1) is 5.06 Å². The van der Waals surface area contributed by atoms with Gasteiger partial charge >= 0.3 is 5.97 Å². The van der Waals surface area contributed by atoms with Crippen molar-refractivity contribution >= 4 is 23.7 Å². The van der Waals surface area contributed by atoms with Gasteiger partial charge in [0.15, 0.2) is 5.66 Å². The Morgan fingerprint density at radius 1 is 1.17 bits per heavy atom. The Hall–Kier alpha value is -2.32. The Morgan fingerprint density at radius 3 is 2.43 bits per heavy atom. The van der Waals surface area contributed by atoms with E-state index >= 15 is 0 Å². The van der Waals surface area contributed by atoms with E-state index in [4.69, 9.17) is 4.84 Å². The normalized spacial score (nSPS) is 18.2. The first-order valence-electron chi connectivity index (χ1n) is 7.67. The van der Waals surface area contributed by atoms with E-state index in [2.05, 4.69) is 15.5 Å². The Morgan fingerprint density at radius 2 is 1.83 bits per heavy atom. The summed E-state index contributed by atoms with van der Waals surface area (Å²) in [5, 5.41) is 11.0. The third-order valence-electron chi connectivity index (χ3n) is 3.60. The highest BCUT2D eigenvalue weighted by molar-refractivity contribution is 6.01. The van der Waals surface area contributed by atoms with Crippen LogP contribution in [0.1, 0.15) is 51.9 Å². The third-order valence-corrected chi connectivity index (χ3v) is 3.60. The van der Waals surface area contributed by atoms with Gasteiger partial charge in [-0.2, -0.15) is 10.2 Å². The molecule has 2 heterocycles. The van der Waals surface area contributed by atoms with E-state index in [1.807, 2.05) is 6.92 Å². The molecule has 2 rings (SSSR count). The van der Waals surface area contributed by atoms with Crippen LogP contribution in [0, 0.1) is 0 Å². The molecule has 0 saturated carbocycles. The molecule has 0 aromatic heterocycles. The van der Waals surface area contributed by atoms with Crippen molar-refractivity contribution in [3.8, 4) is 0 Å². The molecule has 0 aromatic carbocycles. The van der Waals surface area contributed by atoms with Gasteiger partial charge in [0.1, 0.15) is 0 Å². The summed E-state index contributed by atoms with van der Waals surface area (Å²) < 4.78 is 0. The first-order valence-corrected chi connectivity index (χ1v) is 7.67. The van der Waals surface area contributed by atoms with E-state index in [0.29, 0.717) is 37.3 Å². The number of carbonyl (C=O) groups is 4. The molecule has 2 aliphatic heterocycles. The Balaban J connectivity index is 1.49. The number of hydroxylamine groups is 2. The molecule has 126 valence electrons. The minimum absolute atomic E-state index is 0.0700. The van der Waals surface area contributed by atoms with Crippen LogP contribution in [0.25, 0.3) is 0 Å². The number of nitrogens with one attached hydrogen (secondary N) is 1. The minimum atomic E-state index is -0.621. The predicted octanol–water partition coefficient (Wildman–Crippen LogP) is 0.842. The minimum Gasteiger partial charge on any atom is -0.356 e. The molecule has 9 nitrogen and oxygen atoms in total. The molecule has 9 heteroatoms. The maximum absolute atomic E-state index is 11.5. The van der Waals surface area contributed by atoms with Crippen LogP contribution >= 0.6 is 0 Å². The number of amides is 3. The van der Waals surface area contributed by atoms with Crippen molar-refractivity contribution in [1.82, 2.24) is 10.4 Å². The van der Waals surface area contributed by atoms with Crippen LogP contribution < -0.4 is 5.32 Å². The van der Waals surface area contributed by atoms with Crippen LogP contribution in [0.5, 0.6) is 0 Å². The molecule has 3 amide bonds. The van der Waals surface area contributed by atoms with Crippen LogP contribution in [-0.4, -0.2) is 41.0 Å². The quantitative estimate of drug-likeness (QED) is 0.498. The van der Waals surface area contributed by atoms with Crippen LogP contribution in [0.4, 0.5) is 0 Å². The number of rotatable bonds is 9. The van der Waals surface area contributed by atoms with E-state index in [1.165, 1.54) is 0 Å². The first kappa shape index (κ1) is 17.0. The second-order valence-corrected chi connectivity index (χ2v) is 5.77. The van der Waals surface area contributed by atoms with Gasteiger partial charge in [0.2, 0.25) is 5.91 Å². The van der Waals surface area contributed by atoms with Gasteiger partial charge in [-0.05, 0) is 19.8 Å². The smallest absolute Gasteiger partial charge is 0.333 e. The average molecular weight is 324 g/mol. The molecular weight excluding hydrogens is 304 g/mol. The van der Waals surface area contributed by atoms with Gasteiger partial charge in [0, 0.05) is 38.6 Å². The zero-order chi connectivity index (χ0) is 16.9. The lowest BCUT2D eigenvalue weighted by atomic mass is 10.1. The lowest BCUT2D eigenvalue weighted by molar-refractivity contribution is -0.197. The van der Waals surface area contributed by atoms with Crippen molar-refractivity contribution in [2.75, 3.05) is 6.54 Å². The van der Waals surface area contributed by atoms with Crippen LogP contribution in [0.15, 0.2) is 10.2 Å². The molecule has 23 heavy (non-hydrogen) atoms. The lowest BCUT2D eigenvalue weighted by Crippen LogP contribution is -2.32. The van der Waals surface area contributed by atoms with E-state index in [1.54, 1.807) is 0 Å². The molecular formula is C14H20N4O5. The summed E-state index contributed by atoms with van der Waals surface area (Å²) >= 11 is 0. The topological polar surface area (TPSA) is 118 Å². The van der Waals surface area contributed by atoms with Gasteiger partial charge in [-0.3, -0.25) is 14.4 Å². The Kier molecular flexibility index (Phi) is 5.41. The summed E-state index contributed by atoms with van der Waals surface area (Å²) in [6, 6.07) is 0. The highest BCUT2D eigenvalue weighted by Crippen LogP contribution is 2.31. The van der Waals surface area contributed by atoms with Crippen molar-refractivity contribution < 1.29 is 24.0 Å². The zero-order valence-electron chi connectivity index (χ0n) is 13.0. The Labute approximate surface area is 133 Å². The van der Waals surface area contributed by atoms with Gasteiger partial charge in [0.25, 0.3) is 11.8 Å². The van der Waals surface area contributed by atoms with Crippen molar-refractivity contribution in [2.24, 2.45) is 10.2 Å². The van der Waals surface area contributed by atoms with E-state index in [9.17, 15) is 19.2 Å². The maximum Gasteiger partial charge on any atom is 0.333 e. The summed E-state index contributed by atoms with van der Waals surface area (Å²) in [4.78, 5) is 50.4. The SMILES string of the molecule is CC1(CCC(=O)NCCCCC(=O)ON2C(=O)CCC2=O)N=N1. The Bertz CT molecular complexity index is 523. The number of hydrogen-bond donors (Lipinski definition) is 1. The van der Waals surface area contributed by atoms with Crippen molar-refractivity contribution in [3.05, 3.63) is 0 Å². The monoisotopic (exact) mass is 324 g/mol. The van der Waals surface area contributed by atoms with Crippen LogP contribution in [-0.2, 0) is 24.0 Å². The fourth-order valence-electron chi connectivity index (χ4n) is 2.05. The van der Waals surface area contributed by atoms with E-state index in [-0.39, 0.29) is 30.8 Å². The molecule has 0 radical (unpaired) electrons. The number of nitrogens with zero attached hydrogens (tertiary/aromatic N) is 3. The third kappa shape index (κ3) is 5.42. The van der Waals surface area contributed by atoms with Gasteiger partial charge < -0.3 is 10.2 Å². The number of hydrogen-bond acceptors (Lipinski definition) is 7.